The molecule has 2 heterocycles. The van der Waals surface area contributed by atoms with Crippen LogP contribution < -0.4 is 7.16 Å². The molecule has 2 aromatic heterocycles. The van der Waals surface area contributed by atoms with Gasteiger partial charge in [-0.05, 0) is 0 Å². The molecule has 0 atom stereocenters. The first-order chi connectivity index (χ1) is 17.6. The van der Waals surface area contributed by atoms with Crippen LogP contribution in [0.1, 0.15) is 119 Å². The van der Waals surface area contributed by atoms with Crippen molar-refractivity contribution in [2.24, 2.45) is 0 Å². The fraction of sp³-hybridized carbons (Fsp3) is 0.750. The van der Waals surface area contributed by atoms with Crippen LogP contribution in [0.2, 0.25) is 26.6 Å². The summed E-state index contributed by atoms with van der Waals surface area (Å²) in [6, 6.07) is 4.77. The van der Waals surface area contributed by atoms with Crippen LogP contribution in [0, 0.1) is 0 Å². The molecule has 0 fully saturated rings. The molecule has 0 aliphatic rings. The molecule has 0 aromatic carbocycles. The minimum atomic E-state index is -2.60. The van der Waals surface area contributed by atoms with Crippen molar-refractivity contribution >= 4 is 66.6 Å². The summed E-state index contributed by atoms with van der Waals surface area (Å²) in [6.45, 7) is 14.6. The Balaban J connectivity index is 2.85. The molecular formula is C32H58S2Sn2. The van der Waals surface area contributed by atoms with Crippen LogP contribution in [0.5, 0.6) is 0 Å². The van der Waals surface area contributed by atoms with Crippen LogP contribution in [-0.4, -0.2) is 36.8 Å². The van der Waals surface area contributed by atoms with Crippen molar-refractivity contribution < 1.29 is 0 Å². The Bertz CT molecular complexity index is 765. The molecule has 0 nitrogen and oxygen atoms in total. The maximum absolute atomic E-state index is 2.83. The van der Waals surface area contributed by atoms with Crippen LogP contribution in [-0.2, 0) is 0 Å². The Morgan fingerprint density at radius 1 is 0.556 bits per heavy atom. The fourth-order valence-corrected chi connectivity index (χ4v) is 55.9. The maximum atomic E-state index is 2.83. The van der Waals surface area contributed by atoms with Gasteiger partial charge in [0.15, 0.2) is 0 Å². The Hall–Kier alpha value is 0.997. The van der Waals surface area contributed by atoms with Crippen LogP contribution >= 0.6 is 22.7 Å². The van der Waals surface area contributed by atoms with Crippen molar-refractivity contribution in [2.45, 2.75) is 145 Å². The van der Waals surface area contributed by atoms with Gasteiger partial charge in [-0.1, -0.05) is 0 Å². The van der Waals surface area contributed by atoms with E-state index in [1.165, 1.54) is 77.0 Å². The van der Waals surface area contributed by atoms with E-state index in [2.05, 4.69) is 82.9 Å². The normalized spacial score (nSPS) is 12.5. The molecule has 206 valence electrons. The van der Waals surface area contributed by atoms with E-state index in [4.69, 9.17) is 0 Å². The van der Waals surface area contributed by atoms with Gasteiger partial charge in [0.1, 0.15) is 0 Å². The third kappa shape index (κ3) is 9.01. The van der Waals surface area contributed by atoms with E-state index >= 15 is 0 Å². The number of hydrogen-bond donors (Lipinski definition) is 0. The molecule has 0 saturated heterocycles. The van der Waals surface area contributed by atoms with Gasteiger partial charge in [0.25, 0.3) is 0 Å². The molecule has 0 saturated carbocycles. The summed E-state index contributed by atoms with van der Waals surface area (Å²) in [5.74, 6) is 0. The SMILES string of the molecule is CCC[CH2][Sn]([CH2]CCC)([CH2]CCC)[c]1csc(-c2cccs2)[c]1[Sn]([CH2]CCC)([CH2]CCC)[CH2]CCC. The Kier molecular flexibility index (Phi) is 16.9. The van der Waals surface area contributed by atoms with Crippen LogP contribution in [0.25, 0.3) is 9.75 Å². The third-order valence-electron chi connectivity index (χ3n) is 8.69. The minimum absolute atomic E-state index is 1.38. The summed E-state index contributed by atoms with van der Waals surface area (Å²) >= 11 is -0.897. The zero-order chi connectivity index (χ0) is 26.3. The number of rotatable bonds is 21. The number of hydrogen-bond acceptors (Lipinski definition) is 2. The van der Waals surface area contributed by atoms with Gasteiger partial charge in [-0.15, -0.1) is 0 Å². The molecule has 0 aliphatic heterocycles. The van der Waals surface area contributed by atoms with E-state index in [9.17, 15) is 0 Å². The van der Waals surface area contributed by atoms with Crippen LogP contribution in [0.15, 0.2) is 22.9 Å². The summed E-state index contributed by atoms with van der Waals surface area (Å²) in [4.78, 5) is 3.39. The van der Waals surface area contributed by atoms with Crippen LogP contribution in [0.3, 0.4) is 0 Å². The second-order valence-corrected chi connectivity index (χ2v) is 39.5. The molecule has 36 heavy (non-hydrogen) atoms. The monoisotopic (exact) mass is 746 g/mol. The summed E-state index contributed by atoms with van der Waals surface area (Å²) in [5.41, 5.74) is 0. The van der Waals surface area contributed by atoms with Crippen molar-refractivity contribution in [1.82, 2.24) is 0 Å². The molecule has 4 heteroatoms. The van der Waals surface area contributed by atoms with E-state index in [-0.39, 0.29) is 0 Å². The van der Waals surface area contributed by atoms with E-state index in [0.29, 0.717) is 0 Å². The standard InChI is InChI=1S/C8H4S2.6C4H9.2Sn/c1-3-7(9-5-1)8-4-2-6-10-8;6*1-3-4-2;;/h1,3,5-6H;6*1,3-4H2,2H3;;. The Labute approximate surface area is 242 Å². The molecule has 0 amide bonds. The molecule has 0 spiro atoms. The summed E-state index contributed by atoms with van der Waals surface area (Å²) < 4.78 is 13.9. The van der Waals surface area contributed by atoms with Gasteiger partial charge in [-0.25, -0.2) is 0 Å². The second-order valence-electron chi connectivity index (χ2n) is 11.5. The van der Waals surface area contributed by atoms with Crippen LogP contribution in [0.4, 0.5) is 0 Å². The zero-order valence-electron chi connectivity index (χ0n) is 24.9. The predicted molar refractivity (Wildman–Crippen MR) is 177 cm³/mol. The van der Waals surface area contributed by atoms with E-state index < -0.39 is 36.8 Å². The number of unbranched alkanes of at least 4 members (excludes halogenated alkanes) is 6. The van der Waals surface area contributed by atoms with Gasteiger partial charge in [0.05, 0.1) is 0 Å². The predicted octanol–water partition coefficient (Wildman–Crippen LogP) is 11.6. The molecule has 0 radical (unpaired) electrons. The zero-order valence-corrected chi connectivity index (χ0v) is 32.2. The van der Waals surface area contributed by atoms with E-state index in [1.807, 2.05) is 11.3 Å². The molecule has 0 bridgehead atoms. The topological polar surface area (TPSA) is 0 Å². The Morgan fingerprint density at radius 3 is 1.33 bits per heavy atom. The van der Waals surface area contributed by atoms with Crippen molar-refractivity contribution in [3.63, 3.8) is 0 Å². The Morgan fingerprint density at radius 2 is 0.972 bits per heavy atom. The fourth-order valence-electron chi connectivity index (χ4n) is 6.48. The van der Waals surface area contributed by atoms with Gasteiger partial charge >= 0.3 is 244 Å². The molecule has 0 aliphatic carbocycles. The summed E-state index contributed by atoms with van der Waals surface area (Å²) in [6.07, 6.45) is 17.1. The summed E-state index contributed by atoms with van der Waals surface area (Å²) in [7, 11) is 0. The van der Waals surface area contributed by atoms with Gasteiger partial charge in [0.2, 0.25) is 0 Å². The average Bonchev–Trinajstić information content (AvgIpc) is 3.59. The van der Waals surface area contributed by atoms with Crippen molar-refractivity contribution in [2.75, 3.05) is 0 Å². The third-order valence-corrected chi connectivity index (χ3v) is 45.2. The van der Waals surface area contributed by atoms with E-state index in [0.717, 1.165) is 0 Å². The average molecular weight is 744 g/mol. The van der Waals surface area contributed by atoms with Gasteiger partial charge in [-0.2, -0.15) is 0 Å². The van der Waals surface area contributed by atoms with E-state index in [1.54, 1.807) is 36.4 Å². The molecular weight excluding hydrogens is 686 g/mol. The van der Waals surface area contributed by atoms with Gasteiger partial charge in [0, 0.05) is 0 Å². The quantitative estimate of drug-likeness (QED) is 0.112. The van der Waals surface area contributed by atoms with Gasteiger partial charge in [-0.3, -0.25) is 0 Å². The molecule has 2 aromatic rings. The summed E-state index contributed by atoms with van der Waals surface area (Å²) in [5, 5.41) is 5.17. The molecule has 2 rings (SSSR count). The first-order valence-corrected chi connectivity index (χ1v) is 32.5. The number of thiophene rings is 2. The first kappa shape index (κ1) is 33.2. The van der Waals surface area contributed by atoms with Crippen molar-refractivity contribution in [3.05, 3.63) is 22.9 Å². The second kappa shape index (κ2) is 18.4. The van der Waals surface area contributed by atoms with Gasteiger partial charge < -0.3 is 0 Å². The van der Waals surface area contributed by atoms with Crippen molar-refractivity contribution in [1.29, 1.82) is 0 Å². The molecule has 0 N–H and O–H groups in total. The molecule has 0 unspecified atom stereocenters. The van der Waals surface area contributed by atoms with Crippen molar-refractivity contribution in [3.8, 4) is 9.75 Å². The first-order valence-electron chi connectivity index (χ1n) is 15.7.